The van der Waals surface area contributed by atoms with Gasteiger partial charge in [-0.2, -0.15) is 0 Å². The highest BCUT2D eigenvalue weighted by Crippen LogP contribution is 2.09. The van der Waals surface area contributed by atoms with Gasteiger partial charge < -0.3 is 20.5 Å². The quantitative estimate of drug-likeness (QED) is 0.652. The summed E-state index contributed by atoms with van der Waals surface area (Å²) in [5.74, 6) is 0. The summed E-state index contributed by atoms with van der Waals surface area (Å²) in [6.07, 6.45) is 0. The van der Waals surface area contributed by atoms with Crippen LogP contribution in [0.5, 0.6) is 0 Å². The Balaban J connectivity index is 2.13. The van der Waals surface area contributed by atoms with Gasteiger partial charge in [0.15, 0.2) is 0 Å². The van der Waals surface area contributed by atoms with Crippen molar-refractivity contribution in [2.45, 2.75) is 6.54 Å². The molecule has 0 fully saturated rings. The summed E-state index contributed by atoms with van der Waals surface area (Å²) in [4.78, 5) is 11.4. The predicted molar refractivity (Wildman–Crippen MR) is 69.6 cm³/mol. The zero-order chi connectivity index (χ0) is 13.2. The molecule has 0 aliphatic rings. The molecular formula is C12H17ClN2O3. The van der Waals surface area contributed by atoms with Crippen molar-refractivity contribution in [3.8, 4) is 0 Å². The first-order valence-corrected chi connectivity index (χ1v) is 6.05. The maximum Gasteiger partial charge on any atom is 0.315 e. The number of nitrogens with one attached hydrogen (secondary N) is 2. The minimum absolute atomic E-state index is 0.0129. The zero-order valence-electron chi connectivity index (χ0n) is 9.99. The van der Waals surface area contributed by atoms with E-state index in [4.69, 9.17) is 21.4 Å². The third kappa shape index (κ3) is 6.44. The molecule has 0 atom stereocenters. The third-order valence-corrected chi connectivity index (χ3v) is 2.34. The van der Waals surface area contributed by atoms with Gasteiger partial charge in [0, 0.05) is 18.1 Å². The summed E-state index contributed by atoms with van der Waals surface area (Å²) < 4.78 is 5.00. The number of aliphatic hydroxyl groups excluding tert-OH is 1. The van der Waals surface area contributed by atoms with E-state index < -0.39 is 0 Å². The first-order valence-electron chi connectivity index (χ1n) is 5.67. The number of ether oxygens (including phenoxy) is 1. The van der Waals surface area contributed by atoms with Crippen molar-refractivity contribution in [3.63, 3.8) is 0 Å². The van der Waals surface area contributed by atoms with E-state index in [1.807, 2.05) is 12.1 Å². The summed E-state index contributed by atoms with van der Waals surface area (Å²) in [5, 5.41) is 14.5. The fourth-order valence-electron chi connectivity index (χ4n) is 1.30. The Morgan fingerprint density at radius 3 is 2.89 bits per heavy atom. The molecule has 0 saturated heterocycles. The molecule has 0 bridgehead atoms. The number of hydrogen-bond acceptors (Lipinski definition) is 3. The molecule has 0 saturated carbocycles. The molecule has 0 heterocycles. The van der Waals surface area contributed by atoms with E-state index in [9.17, 15) is 4.79 Å². The smallest absolute Gasteiger partial charge is 0.315 e. The Morgan fingerprint density at radius 2 is 2.17 bits per heavy atom. The fraction of sp³-hybridized carbons (Fsp3) is 0.417. The number of benzene rings is 1. The van der Waals surface area contributed by atoms with E-state index in [0.717, 1.165) is 5.56 Å². The van der Waals surface area contributed by atoms with Gasteiger partial charge in [-0.15, -0.1) is 0 Å². The van der Waals surface area contributed by atoms with Crippen molar-refractivity contribution in [2.75, 3.05) is 26.4 Å². The standard InChI is InChI=1S/C12H17ClN2O3/c13-11-3-1-2-10(8-11)9-15-12(17)14-4-6-18-7-5-16/h1-3,8,16H,4-7,9H2,(H2,14,15,17). The fourth-order valence-corrected chi connectivity index (χ4v) is 1.51. The van der Waals surface area contributed by atoms with E-state index in [1.165, 1.54) is 0 Å². The van der Waals surface area contributed by atoms with Crippen LogP contribution in [0.25, 0.3) is 0 Å². The Kier molecular flexibility index (Phi) is 7.17. The number of carbonyl (C=O) groups excluding carboxylic acids is 1. The lowest BCUT2D eigenvalue weighted by Gasteiger charge is -2.08. The number of urea groups is 1. The molecule has 2 amide bonds. The number of amides is 2. The molecule has 0 aliphatic heterocycles. The molecule has 0 unspecified atom stereocenters. The summed E-state index contributed by atoms with van der Waals surface area (Å²) in [6.45, 7) is 1.48. The Hall–Kier alpha value is -1.30. The normalized spacial score (nSPS) is 10.1. The van der Waals surface area contributed by atoms with Crippen LogP contribution >= 0.6 is 11.6 Å². The van der Waals surface area contributed by atoms with Crippen LogP contribution in [0.1, 0.15) is 5.56 Å². The highest BCUT2D eigenvalue weighted by Gasteiger charge is 2.00. The van der Waals surface area contributed by atoms with Gasteiger partial charge in [0.25, 0.3) is 0 Å². The van der Waals surface area contributed by atoms with E-state index >= 15 is 0 Å². The number of halogens is 1. The van der Waals surface area contributed by atoms with Crippen LogP contribution in [0.4, 0.5) is 4.79 Å². The number of rotatable bonds is 7. The number of carbonyl (C=O) groups is 1. The number of aliphatic hydroxyl groups is 1. The Bertz CT molecular complexity index is 374. The molecule has 1 rings (SSSR count). The summed E-state index contributed by atoms with van der Waals surface area (Å²) in [7, 11) is 0. The molecule has 5 nitrogen and oxygen atoms in total. The maximum atomic E-state index is 11.4. The minimum Gasteiger partial charge on any atom is -0.394 e. The molecule has 0 aromatic heterocycles. The van der Waals surface area contributed by atoms with Crippen LogP contribution in [-0.2, 0) is 11.3 Å². The van der Waals surface area contributed by atoms with E-state index in [0.29, 0.717) is 24.7 Å². The van der Waals surface area contributed by atoms with Crippen LogP contribution < -0.4 is 10.6 Å². The van der Waals surface area contributed by atoms with Crippen molar-refractivity contribution >= 4 is 17.6 Å². The van der Waals surface area contributed by atoms with Gasteiger partial charge in [-0.1, -0.05) is 23.7 Å². The van der Waals surface area contributed by atoms with Gasteiger partial charge in [-0.05, 0) is 17.7 Å². The van der Waals surface area contributed by atoms with Gasteiger partial charge in [0.2, 0.25) is 0 Å². The molecular weight excluding hydrogens is 256 g/mol. The van der Waals surface area contributed by atoms with E-state index in [2.05, 4.69) is 10.6 Å². The summed E-state index contributed by atoms with van der Waals surface area (Å²) in [6, 6.07) is 7.04. The maximum absolute atomic E-state index is 11.4. The highest BCUT2D eigenvalue weighted by molar-refractivity contribution is 6.30. The lowest BCUT2D eigenvalue weighted by Crippen LogP contribution is -2.37. The zero-order valence-corrected chi connectivity index (χ0v) is 10.7. The average Bonchev–Trinajstić information content (AvgIpc) is 2.36. The number of hydrogen-bond donors (Lipinski definition) is 3. The predicted octanol–water partition coefficient (Wildman–Crippen LogP) is 1.15. The molecule has 3 N–H and O–H groups in total. The van der Waals surface area contributed by atoms with Crippen molar-refractivity contribution in [3.05, 3.63) is 34.9 Å². The lowest BCUT2D eigenvalue weighted by atomic mass is 10.2. The molecule has 100 valence electrons. The molecule has 6 heteroatoms. The van der Waals surface area contributed by atoms with Crippen molar-refractivity contribution in [1.82, 2.24) is 10.6 Å². The highest BCUT2D eigenvalue weighted by atomic mass is 35.5. The summed E-state index contributed by atoms with van der Waals surface area (Å²) >= 11 is 5.83. The monoisotopic (exact) mass is 272 g/mol. The SMILES string of the molecule is O=C(NCCOCCO)NCc1cccc(Cl)c1. The van der Waals surface area contributed by atoms with Crippen molar-refractivity contribution in [2.24, 2.45) is 0 Å². The van der Waals surface area contributed by atoms with Gasteiger partial charge in [0.05, 0.1) is 19.8 Å². The second-order valence-corrected chi connectivity index (χ2v) is 4.01. The van der Waals surface area contributed by atoms with Crippen LogP contribution in [0.3, 0.4) is 0 Å². The van der Waals surface area contributed by atoms with Gasteiger partial charge in [-0.25, -0.2) is 4.79 Å². The van der Waals surface area contributed by atoms with Crippen molar-refractivity contribution < 1.29 is 14.6 Å². The van der Waals surface area contributed by atoms with Gasteiger partial charge in [-0.3, -0.25) is 0 Å². The Labute approximate surface area is 111 Å². The second-order valence-electron chi connectivity index (χ2n) is 3.58. The molecule has 0 radical (unpaired) electrons. The van der Waals surface area contributed by atoms with Gasteiger partial charge in [0.1, 0.15) is 0 Å². The Morgan fingerprint density at radius 1 is 1.33 bits per heavy atom. The topological polar surface area (TPSA) is 70.6 Å². The van der Waals surface area contributed by atoms with E-state index in [-0.39, 0.29) is 19.2 Å². The second kappa shape index (κ2) is 8.74. The first-order chi connectivity index (χ1) is 8.72. The molecule has 0 spiro atoms. The van der Waals surface area contributed by atoms with Crippen LogP contribution in [0, 0.1) is 0 Å². The van der Waals surface area contributed by atoms with Crippen molar-refractivity contribution in [1.29, 1.82) is 0 Å². The van der Waals surface area contributed by atoms with Crippen LogP contribution in [0.15, 0.2) is 24.3 Å². The van der Waals surface area contributed by atoms with E-state index in [1.54, 1.807) is 12.1 Å². The molecule has 18 heavy (non-hydrogen) atoms. The lowest BCUT2D eigenvalue weighted by molar-refractivity contribution is 0.0947. The first kappa shape index (κ1) is 14.8. The average molecular weight is 273 g/mol. The largest absolute Gasteiger partial charge is 0.394 e. The van der Waals surface area contributed by atoms with Gasteiger partial charge >= 0.3 is 6.03 Å². The molecule has 1 aromatic carbocycles. The third-order valence-electron chi connectivity index (χ3n) is 2.11. The molecule has 0 aliphatic carbocycles. The van der Waals surface area contributed by atoms with Crippen LogP contribution in [-0.4, -0.2) is 37.5 Å². The summed E-state index contributed by atoms with van der Waals surface area (Å²) in [5.41, 5.74) is 0.939. The minimum atomic E-state index is -0.262. The molecule has 1 aromatic rings. The van der Waals surface area contributed by atoms with Crippen LogP contribution in [0.2, 0.25) is 5.02 Å².